The maximum absolute atomic E-state index is 6.56. The lowest BCUT2D eigenvalue weighted by Gasteiger charge is -2.35. The number of hydrogen-bond donors (Lipinski definition) is 1. The van der Waals surface area contributed by atoms with Gasteiger partial charge in [-0.3, -0.25) is 0 Å². The van der Waals surface area contributed by atoms with Crippen LogP contribution in [0.4, 0.5) is 0 Å². The molecule has 2 aromatic heterocycles. The Balaban J connectivity index is 1.88. The van der Waals surface area contributed by atoms with Crippen LogP contribution >= 0.6 is 11.3 Å². The van der Waals surface area contributed by atoms with Crippen LogP contribution in [0.3, 0.4) is 0 Å². The van der Waals surface area contributed by atoms with Gasteiger partial charge in [-0.2, -0.15) is 0 Å². The Morgan fingerprint density at radius 1 is 1.56 bits per heavy atom. The smallest absolute Gasteiger partial charge is 0.113 e. The summed E-state index contributed by atoms with van der Waals surface area (Å²) in [7, 11) is 0. The van der Waals surface area contributed by atoms with E-state index in [1.54, 1.807) is 23.9 Å². The van der Waals surface area contributed by atoms with Crippen molar-refractivity contribution in [2.75, 3.05) is 0 Å². The molecule has 0 bridgehead atoms. The number of thiazole rings is 1. The largest absolute Gasteiger partial charge is 0.472 e. The molecule has 1 aliphatic carbocycles. The minimum absolute atomic E-state index is 0.218. The first-order valence-corrected chi connectivity index (χ1v) is 7.33. The third kappa shape index (κ3) is 2.10. The van der Waals surface area contributed by atoms with Crippen LogP contribution in [0.25, 0.3) is 11.3 Å². The molecule has 0 amide bonds. The predicted molar refractivity (Wildman–Crippen MR) is 73.3 cm³/mol. The van der Waals surface area contributed by atoms with Crippen molar-refractivity contribution >= 4 is 11.3 Å². The van der Waals surface area contributed by atoms with Gasteiger partial charge in [0.1, 0.15) is 5.01 Å². The van der Waals surface area contributed by atoms with Gasteiger partial charge in [0.2, 0.25) is 0 Å². The number of aromatic nitrogens is 1. The lowest BCUT2D eigenvalue weighted by molar-refractivity contribution is 0.238. The number of furan rings is 1. The zero-order chi connectivity index (χ0) is 12.6. The topological polar surface area (TPSA) is 52.0 Å². The normalized spacial score (nSPS) is 28.4. The first-order chi connectivity index (χ1) is 8.67. The molecule has 2 atom stereocenters. The lowest BCUT2D eigenvalue weighted by atomic mass is 9.77. The molecule has 96 valence electrons. The van der Waals surface area contributed by atoms with Gasteiger partial charge in [0, 0.05) is 10.9 Å². The van der Waals surface area contributed by atoms with Crippen LogP contribution in [0.5, 0.6) is 0 Å². The number of nitrogens with zero attached hydrogens (tertiary/aromatic N) is 1. The number of hydrogen-bond acceptors (Lipinski definition) is 4. The summed E-state index contributed by atoms with van der Waals surface area (Å²) in [5.74, 6) is 0.699. The summed E-state index contributed by atoms with van der Waals surface area (Å²) in [4.78, 5) is 4.72. The van der Waals surface area contributed by atoms with E-state index in [1.165, 1.54) is 12.8 Å². The zero-order valence-electron chi connectivity index (χ0n) is 10.6. The standard InChI is InChI=1S/C14H18N2OS/c1-10-3-2-5-14(15,7-10)13-16-12(9-18-13)11-4-6-17-8-11/h4,6,8-10H,2-3,5,7,15H2,1H3. The van der Waals surface area contributed by atoms with Crippen LogP contribution in [0, 0.1) is 5.92 Å². The van der Waals surface area contributed by atoms with Crippen molar-refractivity contribution in [3.63, 3.8) is 0 Å². The van der Waals surface area contributed by atoms with Crippen molar-refractivity contribution in [2.45, 2.75) is 38.1 Å². The molecule has 1 saturated carbocycles. The molecule has 0 radical (unpaired) electrons. The van der Waals surface area contributed by atoms with E-state index in [2.05, 4.69) is 12.3 Å². The summed E-state index contributed by atoms with van der Waals surface area (Å²) >= 11 is 1.68. The molecule has 0 aromatic carbocycles. The minimum Gasteiger partial charge on any atom is -0.472 e. The van der Waals surface area contributed by atoms with Crippen LogP contribution in [-0.2, 0) is 5.54 Å². The summed E-state index contributed by atoms with van der Waals surface area (Å²) in [6, 6.07) is 1.94. The van der Waals surface area contributed by atoms with E-state index in [4.69, 9.17) is 15.1 Å². The highest BCUT2D eigenvalue weighted by molar-refractivity contribution is 7.10. The van der Waals surface area contributed by atoms with E-state index in [0.717, 1.165) is 29.1 Å². The molecule has 4 heteroatoms. The van der Waals surface area contributed by atoms with E-state index in [0.29, 0.717) is 5.92 Å². The molecule has 2 aromatic rings. The van der Waals surface area contributed by atoms with E-state index in [9.17, 15) is 0 Å². The van der Waals surface area contributed by atoms with Crippen molar-refractivity contribution in [1.82, 2.24) is 4.98 Å². The highest BCUT2D eigenvalue weighted by atomic mass is 32.1. The van der Waals surface area contributed by atoms with Crippen molar-refractivity contribution in [3.05, 3.63) is 29.0 Å². The van der Waals surface area contributed by atoms with E-state index in [-0.39, 0.29) is 5.54 Å². The van der Waals surface area contributed by atoms with Gasteiger partial charge in [-0.1, -0.05) is 19.8 Å². The van der Waals surface area contributed by atoms with Crippen molar-refractivity contribution in [3.8, 4) is 11.3 Å². The molecule has 18 heavy (non-hydrogen) atoms. The molecule has 2 heterocycles. The van der Waals surface area contributed by atoms with Gasteiger partial charge in [-0.15, -0.1) is 11.3 Å². The Hall–Kier alpha value is -1.13. The average Bonchev–Trinajstić information content (AvgIpc) is 3.00. The van der Waals surface area contributed by atoms with Crippen LogP contribution in [0.15, 0.2) is 28.4 Å². The highest BCUT2D eigenvalue weighted by Gasteiger charge is 2.35. The molecule has 3 rings (SSSR count). The molecular formula is C14H18N2OS. The lowest BCUT2D eigenvalue weighted by Crippen LogP contribution is -2.40. The molecule has 0 spiro atoms. The Labute approximate surface area is 111 Å². The molecule has 0 aliphatic heterocycles. The quantitative estimate of drug-likeness (QED) is 0.896. The number of rotatable bonds is 2. The maximum Gasteiger partial charge on any atom is 0.113 e. The summed E-state index contributed by atoms with van der Waals surface area (Å²) in [6.07, 6.45) is 8.00. The fourth-order valence-electron chi connectivity index (χ4n) is 2.83. The van der Waals surface area contributed by atoms with Gasteiger partial charge in [0.15, 0.2) is 0 Å². The zero-order valence-corrected chi connectivity index (χ0v) is 11.4. The Bertz CT molecular complexity index is 520. The molecule has 1 aliphatic rings. The Morgan fingerprint density at radius 2 is 2.44 bits per heavy atom. The second kappa shape index (κ2) is 4.52. The third-order valence-electron chi connectivity index (χ3n) is 3.78. The summed E-state index contributed by atoms with van der Waals surface area (Å²) in [5.41, 5.74) is 8.35. The van der Waals surface area contributed by atoms with E-state index >= 15 is 0 Å². The maximum atomic E-state index is 6.56. The van der Waals surface area contributed by atoms with Crippen molar-refractivity contribution in [2.24, 2.45) is 11.7 Å². The van der Waals surface area contributed by atoms with Crippen LogP contribution in [0.2, 0.25) is 0 Å². The van der Waals surface area contributed by atoms with Crippen LogP contribution < -0.4 is 5.73 Å². The monoisotopic (exact) mass is 262 g/mol. The highest BCUT2D eigenvalue weighted by Crippen LogP contribution is 2.40. The van der Waals surface area contributed by atoms with E-state index in [1.807, 2.05) is 6.07 Å². The molecule has 3 nitrogen and oxygen atoms in total. The van der Waals surface area contributed by atoms with Gasteiger partial charge in [-0.25, -0.2) is 4.98 Å². The Morgan fingerprint density at radius 3 is 3.17 bits per heavy atom. The molecule has 2 unspecified atom stereocenters. The second-order valence-corrected chi connectivity index (χ2v) is 6.27. The van der Waals surface area contributed by atoms with Gasteiger partial charge in [0.05, 0.1) is 23.8 Å². The first-order valence-electron chi connectivity index (χ1n) is 6.45. The Kier molecular flexibility index (Phi) is 2.99. The van der Waals surface area contributed by atoms with E-state index < -0.39 is 0 Å². The van der Waals surface area contributed by atoms with Crippen LogP contribution in [0.1, 0.15) is 37.6 Å². The van der Waals surface area contributed by atoms with Crippen LogP contribution in [-0.4, -0.2) is 4.98 Å². The second-order valence-electron chi connectivity index (χ2n) is 5.41. The van der Waals surface area contributed by atoms with Gasteiger partial charge >= 0.3 is 0 Å². The minimum atomic E-state index is -0.218. The summed E-state index contributed by atoms with van der Waals surface area (Å²) in [6.45, 7) is 2.28. The summed E-state index contributed by atoms with van der Waals surface area (Å²) in [5, 5.41) is 3.15. The molecular weight excluding hydrogens is 244 g/mol. The van der Waals surface area contributed by atoms with Crippen molar-refractivity contribution in [1.29, 1.82) is 0 Å². The molecule has 0 saturated heterocycles. The average molecular weight is 262 g/mol. The fraction of sp³-hybridized carbons (Fsp3) is 0.500. The predicted octanol–water partition coefficient (Wildman–Crippen LogP) is 3.77. The fourth-order valence-corrected chi connectivity index (χ4v) is 3.81. The first kappa shape index (κ1) is 11.9. The number of nitrogens with two attached hydrogens (primary N) is 1. The SMILES string of the molecule is CC1CCCC(N)(c2nc(-c3ccoc3)cs2)C1. The van der Waals surface area contributed by atoms with Crippen molar-refractivity contribution < 1.29 is 4.42 Å². The van der Waals surface area contributed by atoms with Gasteiger partial charge in [-0.05, 0) is 24.8 Å². The molecule has 1 fully saturated rings. The summed E-state index contributed by atoms with van der Waals surface area (Å²) < 4.78 is 5.10. The van der Waals surface area contributed by atoms with Gasteiger partial charge < -0.3 is 10.2 Å². The third-order valence-corrected chi connectivity index (χ3v) is 4.84. The molecule has 2 N–H and O–H groups in total. The van der Waals surface area contributed by atoms with Gasteiger partial charge in [0.25, 0.3) is 0 Å².